The van der Waals surface area contributed by atoms with Gasteiger partial charge in [0.05, 0.1) is 24.6 Å². The molecule has 21 heavy (non-hydrogen) atoms. The molecule has 0 amide bonds. The summed E-state index contributed by atoms with van der Waals surface area (Å²) in [6.45, 7) is 3.44. The maximum Gasteiger partial charge on any atom is 0.0928 e. The molecule has 1 aromatic heterocycles. The maximum absolute atomic E-state index is 5.34. The first-order chi connectivity index (χ1) is 10.2. The topological polar surface area (TPSA) is 48.3 Å². The fraction of sp³-hybridized carbons (Fsp3) is 0.438. The average Bonchev–Trinajstić information content (AvgIpc) is 3.02. The van der Waals surface area contributed by atoms with Crippen LogP contribution in [0.5, 0.6) is 0 Å². The molecule has 114 valence electrons. The van der Waals surface area contributed by atoms with Crippen molar-refractivity contribution in [2.45, 2.75) is 19.1 Å². The van der Waals surface area contributed by atoms with Gasteiger partial charge in [0.25, 0.3) is 0 Å². The van der Waals surface area contributed by atoms with E-state index in [0.717, 1.165) is 17.8 Å². The van der Waals surface area contributed by atoms with E-state index in [4.69, 9.17) is 9.47 Å². The molecule has 5 heteroatoms. The number of hydrogen-bond acceptors (Lipinski definition) is 4. The summed E-state index contributed by atoms with van der Waals surface area (Å²) in [5.74, 6) is 0. The molecule has 1 aromatic carbocycles. The van der Waals surface area contributed by atoms with Crippen molar-refractivity contribution in [3.63, 3.8) is 0 Å². The number of methoxy groups -OCH3 is 2. The van der Waals surface area contributed by atoms with E-state index in [9.17, 15) is 0 Å². The molecule has 0 aliphatic heterocycles. The van der Waals surface area contributed by atoms with Gasteiger partial charge in [0, 0.05) is 38.6 Å². The predicted octanol–water partition coefficient (Wildman–Crippen LogP) is 2.18. The Morgan fingerprint density at radius 2 is 2.00 bits per heavy atom. The standard InChI is InChI=1S/C16H23N3O2/c1-13(17-10-16(21-3)12-20-2)14-9-18-19(11-14)15-7-5-4-6-8-15/h4-9,11,13,16-17H,10,12H2,1-3H3. The van der Waals surface area contributed by atoms with Crippen LogP contribution in [0.15, 0.2) is 42.7 Å². The number of rotatable bonds is 8. The van der Waals surface area contributed by atoms with Crippen molar-refractivity contribution < 1.29 is 9.47 Å². The number of hydrogen-bond donors (Lipinski definition) is 1. The number of benzene rings is 1. The third-order valence-corrected chi connectivity index (χ3v) is 3.46. The minimum Gasteiger partial charge on any atom is -0.382 e. The summed E-state index contributed by atoms with van der Waals surface area (Å²) in [4.78, 5) is 0. The summed E-state index contributed by atoms with van der Waals surface area (Å²) >= 11 is 0. The van der Waals surface area contributed by atoms with Crippen LogP contribution < -0.4 is 5.32 Å². The number of aromatic nitrogens is 2. The van der Waals surface area contributed by atoms with Gasteiger partial charge < -0.3 is 14.8 Å². The van der Waals surface area contributed by atoms with Crippen molar-refractivity contribution >= 4 is 0 Å². The highest BCUT2D eigenvalue weighted by atomic mass is 16.5. The van der Waals surface area contributed by atoms with Crippen LogP contribution >= 0.6 is 0 Å². The Morgan fingerprint density at radius 3 is 2.67 bits per heavy atom. The van der Waals surface area contributed by atoms with Crippen LogP contribution in [-0.2, 0) is 9.47 Å². The second-order valence-corrected chi connectivity index (χ2v) is 5.00. The molecule has 0 radical (unpaired) electrons. The van der Waals surface area contributed by atoms with Gasteiger partial charge in [-0.25, -0.2) is 4.68 Å². The third-order valence-electron chi connectivity index (χ3n) is 3.46. The molecule has 0 spiro atoms. The van der Waals surface area contributed by atoms with Crippen molar-refractivity contribution in [2.75, 3.05) is 27.4 Å². The summed E-state index contributed by atoms with van der Waals surface area (Å²) in [5, 5.41) is 7.85. The molecule has 2 aromatic rings. The molecule has 0 aliphatic rings. The van der Waals surface area contributed by atoms with Crippen LogP contribution in [0.3, 0.4) is 0 Å². The predicted molar refractivity (Wildman–Crippen MR) is 82.7 cm³/mol. The maximum atomic E-state index is 5.34. The van der Waals surface area contributed by atoms with Gasteiger partial charge >= 0.3 is 0 Å². The van der Waals surface area contributed by atoms with Gasteiger partial charge in [-0.15, -0.1) is 0 Å². The molecule has 2 atom stereocenters. The minimum absolute atomic E-state index is 0.0571. The molecule has 2 rings (SSSR count). The Bertz CT molecular complexity index is 527. The molecule has 2 unspecified atom stereocenters. The molecular weight excluding hydrogens is 266 g/mol. The fourth-order valence-electron chi connectivity index (χ4n) is 2.10. The zero-order chi connectivity index (χ0) is 15.1. The zero-order valence-corrected chi connectivity index (χ0v) is 12.8. The Balaban J connectivity index is 1.94. The van der Waals surface area contributed by atoms with Crippen molar-refractivity contribution in [3.05, 3.63) is 48.3 Å². The van der Waals surface area contributed by atoms with Crippen molar-refractivity contribution in [1.82, 2.24) is 15.1 Å². The van der Waals surface area contributed by atoms with Gasteiger partial charge in [0.1, 0.15) is 0 Å². The number of para-hydroxylation sites is 1. The zero-order valence-electron chi connectivity index (χ0n) is 12.8. The molecule has 0 saturated carbocycles. The van der Waals surface area contributed by atoms with Crippen LogP contribution in [0.25, 0.3) is 5.69 Å². The Labute approximate surface area is 125 Å². The van der Waals surface area contributed by atoms with Crippen LogP contribution in [0.1, 0.15) is 18.5 Å². The van der Waals surface area contributed by atoms with Crippen molar-refractivity contribution in [3.8, 4) is 5.69 Å². The number of nitrogens with one attached hydrogen (secondary N) is 1. The van der Waals surface area contributed by atoms with E-state index >= 15 is 0 Å². The lowest BCUT2D eigenvalue weighted by Gasteiger charge is -2.18. The van der Waals surface area contributed by atoms with Gasteiger partial charge in [-0.1, -0.05) is 18.2 Å². The van der Waals surface area contributed by atoms with Crippen LogP contribution in [0, 0.1) is 0 Å². The van der Waals surface area contributed by atoms with Gasteiger partial charge in [-0.3, -0.25) is 0 Å². The summed E-state index contributed by atoms with van der Waals surface area (Å²) in [6, 6.07) is 10.3. The highest BCUT2D eigenvalue weighted by Gasteiger charge is 2.12. The van der Waals surface area contributed by atoms with E-state index in [1.807, 2.05) is 47.4 Å². The number of nitrogens with zero attached hydrogens (tertiary/aromatic N) is 2. The van der Waals surface area contributed by atoms with E-state index < -0.39 is 0 Å². The second-order valence-electron chi connectivity index (χ2n) is 5.00. The summed E-state index contributed by atoms with van der Waals surface area (Å²) in [7, 11) is 3.38. The molecule has 1 N–H and O–H groups in total. The highest BCUT2D eigenvalue weighted by Crippen LogP contribution is 2.14. The summed E-state index contributed by atoms with van der Waals surface area (Å²) < 4.78 is 12.3. The van der Waals surface area contributed by atoms with E-state index in [2.05, 4.69) is 17.3 Å². The number of ether oxygens (including phenoxy) is 2. The van der Waals surface area contributed by atoms with E-state index in [1.165, 1.54) is 0 Å². The first-order valence-electron chi connectivity index (χ1n) is 7.09. The Kier molecular flexibility index (Phi) is 5.92. The summed E-state index contributed by atoms with van der Waals surface area (Å²) in [6.07, 6.45) is 4.00. The van der Waals surface area contributed by atoms with Crippen LogP contribution in [-0.4, -0.2) is 43.3 Å². The first kappa shape index (κ1) is 15.7. The lowest BCUT2D eigenvalue weighted by atomic mass is 10.2. The van der Waals surface area contributed by atoms with Crippen molar-refractivity contribution in [1.29, 1.82) is 0 Å². The normalized spacial score (nSPS) is 14.0. The Hall–Kier alpha value is -1.69. The first-order valence-corrected chi connectivity index (χ1v) is 7.09. The highest BCUT2D eigenvalue weighted by molar-refractivity contribution is 5.31. The molecule has 5 nitrogen and oxygen atoms in total. The molecule has 0 fully saturated rings. The summed E-state index contributed by atoms with van der Waals surface area (Å²) in [5.41, 5.74) is 2.20. The SMILES string of the molecule is COCC(CNC(C)c1cnn(-c2ccccc2)c1)OC. The lowest BCUT2D eigenvalue weighted by molar-refractivity contribution is 0.0276. The molecule has 1 heterocycles. The van der Waals surface area contributed by atoms with Gasteiger partial charge in [0.2, 0.25) is 0 Å². The molecular formula is C16H23N3O2. The van der Waals surface area contributed by atoms with Gasteiger partial charge in [-0.05, 0) is 19.1 Å². The second kappa shape index (κ2) is 7.93. The smallest absolute Gasteiger partial charge is 0.0928 e. The molecule has 0 bridgehead atoms. The van der Waals surface area contributed by atoms with Crippen molar-refractivity contribution in [2.24, 2.45) is 0 Å². The quantitative estimate of drug-likeness (QED) is 0.809. The fourth-order valence-corrected chi connectivity index (χ4v) is 2.10. The minimum atomic E-state index is 0.0571. The largest absolute Gasteiger partial charge is 0.382 e. The van der Waals surface area contributed by atoms with E-state index in [-0.39, 0.29) is 12.1 Å². The monoisotopic (exact) mass is 289 g/mol. The Morgan fingerprint density at radius 1 is 1.24 bits per heavy atom. The molecule has 0 saturated heterocycles. The lowest BCUT2D eigenvalue weighted by Crippen LogP contribution is -2.33. The van der Waals surface area contributed by atoms with E-state index in [0.29, 0.717) is 6.61 Å². The average molecular weight is 289 g/mol. The van der Waals surface area contributed by atoms with Crippen LogP contribution in [0.4, 0.5) is 0 Å². The van der Waals surface area contributed by atoms with Gasteiger partial charge in [-0.2, -0.15) is 5.10 Å². The van der Waals surface area contributed by atoms with Crippen LogP contribution in [0.2, 0.25) is 0 Å². The van der Waals surface area contributed by atoms with E-state index in [1.54, 1.807) is 14.2 Å². The van der Waals surface area contributed by atoms with Gasteiger partial charge in [0.15, 0.2) is 0 Å². The molecule has 0 aliphatic carbocycles. The third kappa shape index (κ3) is 4.39.